The van der Waals surface area contributed by atoms with Gasteiger partial charge >= 0.3 is 0 Å². The molecule has 1 fully saturated rings. The van der Waals surface area contributed by atoms with Crippen LogP contribution in [0.5, 0.6) is 5.75 Å². The number of para-hydroxylation sites is 1. The monoisotopic (exact) mass is 366 g/mol. The lowest BCUT2D eigenvalue weighted by Gasteiger charge is -2.22. The second kappa shape index (κ2) is 9.21. The second-order valence-electron chi connectivity index (χ2n) is 6.83. The average Bonchev–Trinajstić information content (AvgIpc) is 2.94. The number of ether oxygens (including phenoxy) is 1. The summed E-state index contributed by atoms with van der Waals surface area (Å²) in [6.45, 7) is 4.46. The lowest BCUT2D eigenvalue weighted by atomic mass is 10.1. The molecule has 1 heterocycles. The third-order valence-corrected chi connectivity index (χ3v) is 4.84. The maximum atomic E-state index is 12.5. The summed E-state index contributed by atoms with van der Waals surface area (Å²) in [7, 11) is 0. The van der Waals surface area contributed by atoms with Crippen molar-refractivity contribution in [3.63, 3.8) is 0 Å². The Bertz CT molecular complexity index is 776. The standard InChI is InChI=1S/C22H26N2O3/c1-18-8-5-6-11-20(18)27-17-22(26)24-13-7-12-23(14-15-24)21(25)16-19-9-3-2-4-10-19/h2-6,8-11H,7,12-17H2,1H3. The summed E-state index contributed by atoms with van der Waals surface area (Å²) in [6, 6.07) is 17.4. The van der Waals surface area contributed by atoms with Crippen molar-refractivity contribution < 1.29 is 14.3 Å². The zero-order valence-electron chi connectivity index (χ0n) is 15.8. The molecule has 3 rings (SSSR count). The van der Waals surface area contributed by atoms with Crippen molar-refractivity contribution in [2.75, 3.05) is 32.8 Å². The molecule has 0 N–H and O–H groups in total. The molecule has 2 aromatic rings. The average molecular weight is 366 g/mol. The van der Waals surface area contributed by atoms with Gasteiger partial charge in [-0.05, 0) is 30.5 Å². The molecule has 0 spiro atoms. The molecule has 0 aliphatic carbocycles. The Morgan fingerprint density at radius 3 is 2.19 bits per heavy atom. The molecule has 1 aliphatic heterocycles. The molecule has 142 valence electrons. The molecular formula is C22H26N2O3. The molecule has 0 unspecified atom stereocenters. The molecule has 27 heavy (non-hydrogen) atoms. The molecule has 5 heteroatoms. The minimum atomic E-state index is -0.0318. The van der Waals surface area contributed by atoms with E-state index < -0.39 is 0 Å². The molecule has 5 nitrogen and oxygen atoms in total. The summed E-state index contributed by atoms with van der Waals surface area (Å²) in [5.41, 5.74) is 2.03. The summed E-state index contributed by atoms with van der Waals surface area (Å²) in [5.74, 6) is 0.822. The van der Waals surface area contributed by atoms with Gasteiger partial charge in [0.2, 0.25) is 5.91 Å². The van der Waals surface area contributed by atoms with E-state index in [0.717, 1.165) is 23.3 Å². The van der Waals surface area contributed by atoms with Crippen LogP contribution in [0.4, 0.5) is 0 Å². The smallest absolute Gasteiger partial charge is 0.260 e. The number of rotatable bonds is 5. The zero-order chi connectivity index (χ0) is 19.1. The SMILES string of the molecule is Cc1ccccc1OCC(=O)N1CCCN(C(=O)Cc2ccccc2)CC1. The summed E-state index contributed by atoms with van der Waals surface area (Å²) in [6.07, 6.45) is 1.20. The highest BCUT2D eigenvalue weighted by molar-refractivity contribution is 5.80. The first-order chi connectivity index (χ1) is 13.1. The fourth-order valence-corrected chi connectivity index (χ4v) is 3.25. The minimum absolute atomic E-state index is 0.0306. The summed E-state index contributed by atoms with van der Waals surface area (Å²) < 4.78 is 5.67. The van der Waals surface area contributed by atoms with Crippen molar-refractivity contribution in [1.29, 1.82) is 0 Å². The van der Waals surface area contributed by atoms with Gasteiger partial charge < -0.3 is 14.5 Å². The van der Waals surface area contributed by atoms with Crippen LogP contribution in [-0.4, -0.2) is 54.4 Å². The molecule has 0 aromatic heterocycles. The summed E-state index contributed by atoms with van der Waals surface area (Å²) in [4.78, 5) is 28.7. The van der Waals surface area contributed by atoms with Gasteiger partial charge in [0.05, 0.1) is 6.42 Å². The topological polar surface area (TPSA) is 49.9 Å². The third-order valence-electron chi connectivity index (χ3n) is 4.84. The van der Waals surface area contributed by atoms with Gasteiger partial charge in [-0.3, -0.25) is 9.59 Å². The second-order valence-corrected chi connectivity index (χ2v) is 6.83. The number of hydrogen-bond acceptors (Lipinski definition) is 3. The molecule has 1 saturated heterocycles. The normalized spacial score (nSPS) is 14.6. The Hall–Kier alpha value is -2.82. The lowest BCUT2D eigenvalue weighted by Crippen LogP contribution is -2.39. The van der Waals surface area contributed by atoms with Crippen LogP contribution >= 0.6 is 0 Å². The molecule has 0 saturated carbocycles. The maximum absolute atomic E-state index is 12.5. The summed E-state index contributed by atoms with van der Waals surface area (Å²) >= 11 is 0. The van der Waals surface area contributed by atoms with Crippen LogP contribution in [-0.2, 0) is 16.0 Å². The molecule has 2 amide bonds. The first-order valence-corrected chi connectivity index (χ1v) is 9.41. The van der Waals surface area contributed by atoms with Gasteiger partial charge in [-0.2, -0.15) is 0 Å². The van der Waals surface area contributed by atoms with E-state index in [1.807, 2.05) is 66.4 Å². The van der Waals surface area contributed by atoms with Gasteiger partial charge in [-0.25, -0.2) is 0 Å². The van der Waals surface area contributed by atoms with Crippen LogP contribution in [0.15, 0.2) is 54.6 Å². The van der Waals surface area contributed by atoms with Gasteiger partial charge in [0.1, 0.15) is 5.75 Å². The third kappa shape index (κ3) is 5.33. The van der Waals surface area contributed by atoms with E-state index in [2.05, 4.69) is 0 Å². The predicted octanol–water partition coefficient (Wildman–Crippen LogP) is 2.68. The zero-order valence-corrected chi connectivity index (χ0v) is 15.8. The molecular weight excluding hydrogens is 340 g/mol. The maximum Gasteiger partial charge on any atom is 0.260 e. The lowest BCUT2D eigenvalue weighted by molar-refractivity contribution is -0.134. The Kier molecular flexibility index (Phi) is 6.47. The van der Waals surface area contributed by atoms with Crippen LogP contribution in [0.1, 0.15) is 17.5 Å². The van der Waals surface area contributed by atoms with E-state index in [0.29, 0.717) is 32.6 Å². The van der Waals surface area contributed by atoms with Crippen molar-refractivity contribution in [2.24, 2.45) is 0 Å². The number of amides is 2. The van der Waals surface area contributed by atoms with Crippen LogP contribution in [0.3, 0.4) is 0 Å². The Morgan fingerprint density at radius 1 is 0.852 bits per heavy atom. The van der Waals surface area contributed by atoms with Gasteiger partial charge in [0.25, 0.3) is 5.91 Å². The van der Waals surface area contributed by atoms with E-state index in [1.54, 1.807) is 4.90 Å². The van der Waals surface area contributed by atoms with E-state index in [-0.39, 0.29) is 18.4 Å². The van der Waals surface area contributed by atoms with Crippen LogP contribution in [0, 0.1) is 6.92 Å². The largest absolute Gasteiger partial charge is 0.484 e. The van der Waals surface area contributed by atoms with Gasteiger partial charge in [-0.15, -0.1) is 0 Å². The molecule has 0 radical (unpaired) electrons. The number of carbonyl (C=O) groups is 2. The fourth-order valence-electron chi connectivity index (χ4n) is 3.25. The van der Waals surface area contributed by atoms with Crippen molar-refractivity contribution >= 4 is 11.8 Å². The first-order valence-electron chi connectivity index (χ1n) is 9.41. The number of nitrogens with zero attached hydrogens (tertiary/aromatic N) is 2. The van der Waals surface area contributed by atoms with Crippen LogP contribution < -0.4 is 4.74 Å². The minimum Gasteiger partial charge on any atom is -0.484 e. The first kappa shape index (κ1) is 19.0. The number of aryl methyl sites for hydroxylation is 1. The quantitative estimate of drug-likeness (QED) is 0.817. The molecule has 0 bridgehead atoms. The number of hydrogen-bond donors (Lipinski definition) is 0. The molecule has 1 aliphatic rings. The highest BCUT2D eigenvalue weighted by Crippen LogP contribution is 2.16. The van der Waals surface area contributed by atoms with Crippen molar-refractivity contribution in [3.05, 3.63) is 65.7 Å². The highest BCUT2D eigenvalue weighted by atomic mass is 16.5. The fraction of sp³-hybridized carbons (Fsp3) is 0.364. The molecule has 0 atom stereocenters. The van der Waals surface area contributed by atoms with Crippen molar-refractivity contribution in [3.8, 4) is 5.75 Å². The summed E-state index contributed by atoms with van der Waals surface area (Å²) in [5, 5.41) is 0. The Labute approximate surface area is 160 Å². The number of carbonyl (C=O) groups excluding carboxylic acids is 2. The van der Waals surface area contributed by atoms with E-state index in [1.165, 1.54) is 0 Å². The van der Waals surface area contributed by atoms with Gasteiger partial charge in [-0.1, -0.05) is 48.5 Å². The van der Waals surface area contributed by atoms with E-state index in [4.69, 9.17) is 4.74 Å². The Balaban J connectivity index is 1.49. The van der Waals surface area contributed by atoms with Crippen LogP contribution in [0.25, 0.3) is 0 Å². The van der Waals surface area contributed by atoms with Crippen molar-refractivity contribution in [1.82, 2.24) is 9.80 Å². The predicted molar refractivity (Wildman–Crippen MR) is 105 cm³/mol. The highest BCUT2D eigenvalue weighted by Gasteiger charge is 2.22. The number of benzene rings is 2. The molecule has 2 aromatic carbocycles. The van der Waals surface area contributed by atoms with Crippen LogP contribution in [0.2, 0.25) is 0 Å². The van der Waals surface area contributed by atoms with Gasteiger partial charge in [0, 0.05) is 26.2 Å². The van der Waals surface area contributed by atoms with Crippen molar-refractivity contribution in [2.45, 2.75) is 19.8 Å². The van der Waals surface area contributed by atoms with E-state index >= 15 is 0 Å². The van der Waals surface area contributed by atoms with Gasteiger partial charge in [0.15, 0.2) is 6.61 Å². The van der Waals surface area contributed by atoms with E-state index in [9.17, 15) is 9.59 Å². The Morgan fingerprint density at radius 2 is 1.48 bits per heavy atom.